The van der Waals surface area contributed by atoms with Crippen molar-refractivity contribution in [2.24, 2.45) is 12.8 Å². The SMILES string of the molecule is Cn1c(NC(=O)OC(C)(C)C)cnc1C(N)=O. The van der Waals surface area contributed by atoms with E-state index in [1.54, 1.807) is 27.8 Å². The van der Waals surface area contributed by atoms with E-state index in [0.717, 1.165) is 0 Å². The second kappa shape index (κ2) is 4.44. The number of amides is 2. The number of anilines is 1. The Balaban J connectivity index is 2.76. The fourth-order valence-corrected chi connectivity index (χ4v) is 1.16. The normalized spacial score (nSPS) is 11.1. The van der Waals surface area contributed by atoms with Gasteiger partial charge >= 0.3 is 6.09 Å². The van der Waals surface area contributed by atoms with E-state index in [1.165, 1.54) is 10.8 Å². The monoisotopic (exact) mass is 240 g/mol. The third-order valence-electron chi connectivity index (χ3n) is 1.84. The summed E-state index contributed by atoms with van der Waals surface area (Å²) in [5.41, 5.74) is 4.51. The zero-order valence-corrected chi connectivity index (χ0v) is 10.3. The summed E-state index contributed by atoms with van der Waals surface area (Å²) in [5, 5.41) is 2.47. The Bertz CT molecular complexity index is 445. The molecule has 1 aromatic heterocycles. The smallest absolute Gasteiger partial charge is 0.413 e. The van der Waals surface area contributed by atoms with Crippen molar-refractivity contribution >= 4 is 17.8 Å². The van der Waals surface area contributed by atoms with E-state index in [4.69, 9.17) is 10.5 Å². The summed E-state index contributed by atoms with van der Waals surface area (Å²) in [5.74, 6) is -0.256. The number of aromatic nitrogens is 2. The molecule has 3 N–H and O–H groups in total. The Morgan fingerprint density at radius 3 is 2.47 bits per heavy atom. The maximum Gasteiger partial charge on any atom is 0.413 e. The number of carbonyl (C=O) groups is 2. The minimum absolute atomic E-state index is 0.0658. The zero-order valence-electron chi connectivity index (χ0n) is 10.3. The number of nitrogens with one attached hydrogen (secondary N) is 1. The molecule has 0 aromatic carbocycles. The maximum atomic E-state index is 11.5. The molecule has 0 atom stereocenters. The van der Waals surface area contributed by atoms with Gasteiger partial charge in [0.2, 0.25) is 0 Å². The largest absolute Gasteiger partial charge is 0.444 e. The predicted molar refractivity (Wildman–Crippen MR) is 61.6 cm³/mol. The molecule has 7 heteroatoms. The average molecular weight is 240 g/mol. The molecule has 0 saturated carbocycles. The van der Waals surface area contributed by atoms with Crippen LogP contribution in [-0.4, -0.2) is 27.2 Å². The number of rotatable bonds is 2. The molecular weight excluding hydrogens is 224 g/mol. The van der Waals surface area contributed by atoms with Gasteiger partial charge in [-0.15, -0.1) is 0 Å². The van der Waals surface area contributed by atoms with Gasteiger partial charge in [-0.05, 0) is 20.8 Å². The number of ether oxygens (including phenoxy) is 1. The van der Waals surface area contributed by atoms with E-state index < -0.39 is 17.6 Å². The first-order valence-electron chi connectivity index (χ1n) is 5.02. The standard InChI is InChI=1S/C10H16N4O3/c1-10(2,3)17-9(16)13-6-5-12-8(7(11)15)14(6)4/h5H,1-4H3,(H2,11,15)(H,13,16). The van der Waals surface area contributed by atoms with Crippen molar-refractivity contribution in [3.05, 3.63) is 12.0 Å². The van der Waals surface area contributed by atoms with Crippen molar-refractivity contribution in [3.8, 4) is 0 Å². The summed E-state index contributed by atoms with van der Waals surface area (Å²) in [7, 11) is 1.57. The summed E-state index contributed by atoms with van der Waals surface area (Å²) in [6, 6.07) is 0. The average Bonchev–Trinajstić information content (AvgIpc) is 2.44. The van der Waals surface area contributed by atoms with E-state index in [1.807, 2.05) is 0 Å². The molecule has 1 heterocycles. The van der Waals surface area contributed by atoms with Crippen LogP contribution in [0.4, 0.5) is 10.6 Å². The van der Waals surface area contributed by atoms with Gasteiger partial charge in [-0.25, -0.2) is 9.78 Å². The third-order valence-corrected chi connectivity index (χ3v) is 1.84. The summed E-state index contributed by atoms with van der Waals surface area (Å²) in [6.45, 7) is 5.26. The quantitative estimate of drug-likeness (QED) is 0.800. The van der Waals surface area contributed by atoms with Crippen LogP contribution in [0.2, 0.25) is 0 Å². The van der Waals surface area contributed by atoms with Crippen LogP contribution in [0.5, 0.6) is 0 Å². The molecule has 0 saturated heterocycles. The molecule has 0 aliphatic carbocycles. The minimum Gasteiger partial charge on any atom is -0.444 e. The molecule has 0 aliphatic heterocycles. The number of nitrogens with two attached hydrogens (primary N) is 1. The Hall–Kier alpha value is -2.05. The molecule has 1 aromatic rings. The molecular formula is C10H16N4O3. The molecule has 1 rings (SSSR count). The summed E-state index contributed by atoms with van der Waals surface area (Å²) < 4.78 is 6.44. The summed E-state index contributed by atoms with van der Waals surface area (Å²) >= 11 is 0. The highest BCUT2D eigenvalue weighted by Crippen LogP contribution is 2.12. The molecule has 0 spiro atoms. The van der Waals surface area contributed by atoms with Crippen LogP contribution < -0.4 is 11.1 Å². The van der Waals surface area contributed by atoms with Gasteiger partial charge < -0.3 is 15.0 Å². The number of hydrogen-bond acceptors (Lipinski definition) is 4. The minimum atomic E-state index is -0.662. The van der Waals surface area contributed by atoms with Gasteiger partial charge in [0.1, 0.15) is 11.4 Å². The maximum absolute atomic E-state index is 11.5. The second-order valence-corrected chi connectivity index (χ2v) is 4.52. The van der Waals surface area contributed by atoms with Crippen molar-refractivity contribution in [3.63, 3.8) is 0 Å². The fraction of sp³-hybridized carbons (Fsp3) is 0.500. The Kier molecular flexibility index (Phi) is 3.40. The van der Waals surface area contributed by atoms with Crippen LogP contribution in [0.25, 0.3) is 0 Å². The van der Waals surface area contributed by atoms with Crippen LogP contribution in [-0.2, 0) is 11.8 Å². The van der Waals surface area contributed by atoms with Gasteiger partial charge in [0, 0.05) is 7.05 Å². The van der Waals surface area contributed by atoms with Crippen LogP contribution in [0.15, 0.2) is 6.20 Å². The molecule has 7 nitrogen and oxygen atoms in total. The van der Waals surface area contributed by atoms with Gasteiger partial charge in [0.25, 0.3) is 5.91 Å². The lowest BCUT2D eigenvalue weighted by Gasteiger charge is -2.19. The summed E-state index contributed by atoms with van der Waals surface area (Å²) in [6.07, 6.45) is 0.723. The van der Waals surface area contributed by atoms with Crippen molar-refractivity contribution < 1.29 is 14.3 Å². The van der Waals surface area contributed by atoms with Gasteiger partial charge in [-0.2, -0.15) is 0 Å². The lowest BCUT2D eigenvalue weighted by atomic mass is 10.2. The van der Waals surface area contributed by atoms with Crippen molar-refractivity contribution in [2.45, 2.75) is 26.4 Å². The zero-order chi connectivity index (χ0) is 13.2. The Morgan fingerprint density at radius 2 is 2.06 bits per heavy atom. The fourth-order valence-electron chi connectivity index (χ4n) is 1.16. The third kappa shape index (κ3) is 3.47. The lowest BCUT2D eigenvalue weighted by molar-refractivity contribution is 0.0634. The first-order chi connectivity index (χ1) is 7.70. The topological polar surface area (TPSA) is 99.2 Å². The molecule has 0 fully saturated rings. The van der Waals surface area contributed by atoms with Crippen molar-refractivity contribution in [1.29, 1.82) is 0 Å². The van der Waals surface area contributed by atoms with Crippen LogP contribution in [0.3, 0.4) is 0 Å². The Morgan fingerprint density at radius 1 is 1.47 bits per heavy atom. The van der Waals surface area contributed by atoms with Gasteiger partial charge in [0.15, 0.2) is 5.82 Å². The lowest BCUT2D eigenvalue weighted by Crippen LogP contribution is -2.28. The number of hydrogen-bond donors (Lipinski definition) is 2. The van der Waals surface area contributed by atoms with E-state index in [0.29, 0.717) is 5.82 Å². The van der Waals surface area contributed by atoms with Crippen molar-refractivity contribution in [1.82, 2.24) is 9.55 Å². The number of carbonyl (C=O) groups excluding carboxylic acids is 2. The first kappa shape index (κ1) is 13.0. The number of imidazole rings is 1. The predicted octanol–water partition coefficient (Wildman–Crippen LogP) is 0.866. The van der Waals surface area contributed by atoms with E-state index in [-0.39, 0.29) is 5.82 Å². The highest BCUT2D eigenvalue weighted by molar-refractivity contribution is 5.91. The molecule has 0 aliphatic rings. The van der Waals surface area contributed by atoms with E-state index in [9.17, 15) is 9.59 Å². The van der Waals surface area contributed by atoms with Gasteiger partial charge in [0.05, 0.1) is 6.20 Å². The molecule has 0 radical (unpaired) electrons. The molecule has 94 valence electrons. The van der Waals surface area contributed by atoms with Gasteiger partial charge in [-0.3, -0.25) is 10.1 Å². The van der Waals surface area contributed by atoms with Crippen molar-refractivity contribution in [2.75, 3.05) is 5.32 Å². The van der Waals surface area contributed by atoms with Crippen LogP contribution in [0, 0.1) is 0 Å². The first-order valence-corrected chi connectivity index (χ1v) is 5.02. The van der Waals surface area contributed by atoms with E-state index in [2.05, 4.69) is 10.3 Å². The molecule has 0 unspecified atom stereocenters. The number of nitrogens with zero attached hydrogens (tertiary/aromatic N) is 2. The van der Waals surface area contributed by atoms with E-state index >= 15 is 0 Å². The molecule has 2 amide bonds. The second-order valence-electron chi connectivity index (χ2n) is 4.52. The summed E-state index contributed by atoms with van der Waals surface area (Å²) in [4.78, 5) is 26.2. The molecule has 0 bridgehead atoms. The highest BCUT2D eigenvalue weighted by Gasteiger charge is 2.18. The van der Waals surface area contributed by atoms with Gasteiger partial charge in [-0.1, -0.05) is 0 Å². The Labute approximate surface area is 99.0 Å². The van der Waals surface area contributed by atoms with Crippen LogP contribution >= 0.6 is 0 Å². The van der Waals surface area contributed by atoms with Crippen LogP contribution in [0.1, 0.15) is 31.4 Å². The number of primary amides is 1. The highest BCUT2D eigenvalue weighted by atomic mass is 16.6. The molecule has 17 heavy (non-hydrogen) atoms.